The van der Waals surface area contributed by atoms with Crippen LogP contribution < -0.4 is 15.4 Å². The van der Waals surface area contributed by atoms with Crippen LogP contribution in [0.3, 0.4) is 0 Å². The van der Waals surface area contributed by atoms with Crippen molar-refractivity contribution in [2.75, 3.05) is 13.1 Å². The van der Waals surface area contributed by atoms with E-state index in [0.717, 1.165) is 31.2 Å². The first kappa shape index (κ1) is 21.2. The summed E-state index contributed by atoms with van der Waals surface area (Å²) in [6.07, 6.45) is 5.40. The highest BCUT2D eigenvalue weighted by atomic mass is 35.5. The van der Waals surface area contributed by atoms with E-state index >= 15 is 0 Å². The average molecular weight is 415 g/mol. The van der Waals surface area contributed by atoms with Gasteiger partial charge in [0, 0.05) is 29.6 Å². The molecule has 1 fully saturated rings. The molecule has 2 N–H and O–H groups in total. The van der Waals surface area contributed by atoms with Gasteiger partial charge in [-0.25, -0.2) is 0 Å². The van der Waals surface area contributed by atoms with Crippen LogP contribution in [0.15, 0.2) is 48.5 Å². The minimum Gasteiger partial charge on any atom is -0.488 e. The molecule has 5 nitrogen and oxygen atoms in total. The highest BCUT2D eigenvalue weighted by Crippen LogP contribution is 2.24. The molecule has 0 heterocycles. The van der Waals surface area contributed by atoms with E-state index in [1.807, 2.05) is 24.3 Å². The molecule has 154 valence electrons. The standard InChI is InChI=1S/C23H27ClN2O3/c24-20-12-6-4-10-18(20)16-29-21-13-7-5-11-19(21)23(28)26-15-14-25-22(27)17-8-2-1-3-9-17/h4-7,10-13,17H,1-3,8-9,14-16H2,(H,25,27)(H,26,28). The summed E-state index contributed by atoms with van der Waals surface area (Å²) in [7, 11) is 0. The van der Waals surface area contributed by atoms with Gasteiger partial charge in [0.2, 0.25) is 5.91 Å². The number of hydrogen-bond donors (Lipinski definition) is 2. The van der Waals surface area contributed by atoms with E-state index in [2.05, 4.69) is 10.6 Å². The van der Waals surface area contributed by atoms with E-state index in [1.54, 1.807) is 24.3 Å². The van der Waals surface area contributed by atoms with Crippen LogP contribution in [0, 0.1) is 5.92 Å². The quantitative estimate of drug-likeness (QED) is 0.631. The van der Waals surface area contributed by atoms with Gasteiger partial charge in [0.25, 0.3) is 5.91 Å². The van der Waals surface area contributed by atoms with Crippen LogP contribution in [0.5, 0.6) is 5.75 Å². The van der Waals surface area contributed by atoms with Crippen LogP contribution in [0.2, 0.25) is 5.02 Å². The maximum absolute atomic E-state index is 12.6. The summed E-state index contributed by atoms with van der Waals surface area (Å²) in [6.45, 7) is 1.07. The average Bonchev–Trinajstić information content (AvgIpc) is 2.76. The molecule has 0 radical (unpaired) electrons. The van der Waals surface area contributed by atoms with E-state index in [4.69, 9.17) is 16.3 Å². The van der Waals surface area contributed by atoms with Gasteiger partial charge in [0.1, 0.15) is 12.4 Å². The summed E-state index contributed by atoms with van der Waals surface area (Å²) >= 11 is 6.17. The molecule has 29 heavy (non-hydrogen) atoms. The predicted octanol–water partition coefficient (Wildman–Crippen LogP) is 4.35. The number of hydrogen-bond acceptors (Lipinski definition) is 3. The van der Waals surface area contributed by atoms with Crippen molar-refractivity contribution in [2.24, 2.45) is 5.92 Å². The molecule has 0 aliphatic heterocycles. The maximum Gasteiger partial charge on any atom is 0.255 e. The molecule has 6 heteroatoms. The second-order valence-electron chi connectivity index (χ2n) is 7.26. The maximum atomic E-state index is 12.6. The molecule has 0 aromatic heterocycles. The molecule has 2 amide bonds. The van der Waals surface area contributed by atoms with Crippen LogP contribution in [-0.4, -0.2) is 24.9 Å². The molecule has 1 aliphatic rings. The van der Waals surface area contributed by atoms with Gasteiger partial charge in [0.15, 0.2) is 0 Å². The third-order valence-corrected chi connectivity index (χ3v) is 5.53. The van der Waals surface area contributed by atoms with Gasteiger partial charge in [-0.05, 0) is 31.0 Å². The fourth-order valence-corrected chi connectivity index (χ4v) is 3.71. The molecule has 0 unspecified atom stereocenters. The lowest BCUT2D eigenvalue weighted by Gasteiger charge is -2.20. The number of para-hydroxylation sites is 1. The molecular weight excluding hydrogens is 388 g/mol. The van der Waals surface area contributed by atoms with Crippen LogP contribution in [0.4, 0.5) is 0 Å². The first-order valence-electron chi connectivity index (χ1n) is 10.2. The topological polar surface area (TPSA) is 67.4 Å². The predicted molar refractivity (Wildman–Crippen MR) is 114 cm³/mol. The van der Waals surface area contributed by atoms with Gasteiger partial charge in [0.05, 0.1) is 5.56 Å². The van der Waals surface area contributed by atoms with Crippen molar-refractivity contribution in [1.29, 1.82) is 0 Å². The molecule has 2 aromatic rings. The Balaban J connectivity index is 1.48. The molecule has 0 atom stereocenters. The molecule has 1 saturated carbocycles. The fraction of sp³-hybridized carbons (Fsp3) is 0.391. The Hall–Kier alpha value is -2.53. The molecule has 0 saturated heterocycles. The van der Waals surface area contributed by atoms with Crippen LogP contribution in [-0.2, 0) is 11.4 Å². The Labute approximate surface area is 176 Å². The van der Waals surface area contributed by atoms with E-state index < -0.39 is 0 Å². The van der Waals surface area contributed by atoms with Crippen molar-refractivity contribution in [1.82, 2.24) is 10.6 Å². The van der Waals surface area contributed by atoms with Gasteiger partial charge < -0.3 is 15.4 Å². The van der Waals surface area contributed by atoms with Crippen molar-refractivity contribution in [3.05, 3.63) is 64.7 Å². The lowest BCUT2D eigenvalue weighted by molar-refractivity contribution is -0.125. The van der Waals surface area contributed by atoms with E-state index in [1.165, 1.54) is 6.42 Å². The monoisotopic (exact) mass is 414 g/mol. The zero-order chi connectivity index (χ0) is 20.5. The lowest BCUT2D eigenvalue weighted by atomic mass is 9.89. The first-order valence-corrected chi connectivity index (χ1v) is 10.5. The Morgan fingerprint density at radius 1 is 0.931 bits per heavy atom. The lowest BCUT2D eigenvalue weighted by Crippen LogP contribution is -2.38. The molecule has 0 spiro atoms. The Morgan fingerprint density at radius 2 is 1.62 bits per heavy atom. The number of amides is 2. The third kappa shape index (κ3) is 6.23. The van der Waals surface area contributed by atoms with Crippen molar-refractivity contribution in [3.8, 4) is 5.75 Å². The summed E-state index contributed by atoms with van der Waals surface area (Å²) in [5, 5.41) is 6.40. The number of ether oxygens (including phenoxy) is 1. The largest absolute Gasteiger partial charge is 0.488 e. The number of benzene rings is 2. The second kappa shape index (κ2) is 10.9. The molecule has 0 bridgehead atoms. The van der Waals surface area contributed by atoms with Gasteiger partial charge in [-0.1, -0.05) is 61.2 Å². The van der Waals surface area contributed by atoms with Gasteiger partial charge in [-0.15, -0.1) is 0 Å². The number of nitrogens with one attached hydrogen (secondary N) is 2. The van der Waals surface area contributed by atoms with Crippen molar-refractivity contribution >= 4 is 23.4 Å². The van der Waals surface area contributed by atoms with E-state index in [9.17, 15) is 9.59 Å². The van der Waals surface area contributed by atoms with Crippen molar-refractivity contribution in [2.45, 2.75) is 38.7 Å². The smallest absolute Gasteiger partial charge is 0.255 e. The second-order valence-corrected chi connectivity index (χ2v) is 7.67. The number of carbonyl (C=O) groups excluding carboxylic acids is 2. The molecule has 3 rings (SSSR count). The summed E-state index contributed by atoms with van der Waals surface area (Å²) in [4.78, 5) is 24.7. The first-order chi connectivity index (χ1) is 14.1. The summed E-state index contributed by atoms with van der Waals surface area (Å²) < 4.78 is 5.83. The SMILES string of the molecule is O=C(NCCNC(=O)C1CCCCC1)c1ccccc1OCc1ccccc1Cl. The summed E-state index contributed by atoms with van der Waals surface area (Å²) in [6, 6.07) is 14.5. The van der Waals surface area contributed by atoms with E-state index in [-0.39, 0.29) is 24.3 Å². The molecule has 2 aromatic carbocycles. The minimum atomic E-state index is -0.230. The van der Waals surface area contributed by atoms with Crippen LogP contribution >= 0.6 is 11.6 Å². The molecule has 1 aliphatic carbocycles. The molecular formula is C23H27ClN2O3. The van der Waals surface area contributed by atoms with E-state index in [0.29, 0.717) is 29.4 Å². The third-order valence-electron chi connectivity index (χ3n) is 5.16. The minimum absolute atomic E-state index is 0.0995. The zero-order valence-electron chi connectivity index (χ0n) is 16.5. The summed E-state index contributed by atoms with van der Waals surface area (Å²) in [5.74, 6) is 0.489. The van der Waals surface area contributed by atoms with Gasteiger partial charge >= 0.3 is 0 Å². The Bertz CT molecular complexity index is 834. The van der Waals surface area contributed by atoms with Crippen molar-refractivity contribution < 1.29 is 14.3 Å². The van der Waals surface area contributed by atoms with Crippen molar-refractivity contribution in [3.63, 3.8) is 0 Å². The van der Waals surface area contributed by atoms with Gasteiger partial charge in [-0.3, -0.25) is 9.59 Å². The normalized spacial score (nSPS) is 14.2. The Kier molecular flexibility index (Phi) is 7.94. The number of carbonyl (C=O) groups is 2. The highest BCUT2D eigenvalue weighted by molar-refractivity contribution is 6.31. The highest BCUT2D eigenvalue weighted by Gasteiger charge is 2.20. The number of rotatable bonds is 8. The summed E-state index contributed by atoms with van der Waals surface area (Å²) in [5.41, 5.74) is 1.31. The van der Waals surface area contributed by atoms with Crippen LogP contribution in [0.1, 0.15) is 48.0 Å². The Morgan fingerprint density at radius 3 is 2.41 bits per heavy atom. The number of halogens is 1. The fourth-order valence-electron chi connectivity index (χ4n) is 3.52. The van der Waals surface area contributed by atoms with Crippen LogP contribution in [0.25, 0.3) is 0 Å². The zero-order valence-corrected chi connectivity index (χ0v) is 17.2. The van der Waals surface area contributed by atoms with Gasteiger partial charge in [-0.2, -0.15) is 0 Å².